The number of rotatable bonds is 4. The fraction of sp³-hybridized carbons (Fsp3) is 0.529. The first-order valence-electron chi connectivity index (χ1n) is 8.01. The lowest BCUT2D eigenvalue weighted by atomic mass is 9.95. The average Bonchev–Trinajstić information content (AvgIpc) is 2.54. The van der Waals surface area contributed by atoms with Crippen LogP contribution in [0.1, 0.15) is 18.4 Å². The molecule has 0 atom stereocenters. The Bertz CT molecular complexity index is 553. The van der Waals surface area contributed by atoms with Crippen molar-refractivity contribution in [3.8, 4) is 0 Å². The Morgan fingerprint density at radius 1 is 1.27 bits per heavy atom. The van der Waals surface area contributed by atoms with Crippen LogP contribution in [-0.4, -0.2) is 49.3 Å². The summed E-state index contributed by atoms with van der Waals surface area (Å²) in [4.78, 5) is 4.76. The largest absolute Gasteiger partial charge is 0.397 e. The summed E-state index contributed by atoms with van der Waals surface area (Å²) >= 11 is 6.13. The van der Waals surface area contributed by atoms with Crippen LogP contribution in [-0.2, 0) is 0 Å². The second kappa shape index (κ2) is 6.90. The Labute approximate surface area is 137 Å². The topological polar surface area (TPSA) is 52.7 Å². The van der Waals surface area contributed by atoms with Gasteiger partial charge in [0.15, 0.2) is 0 Å². The van der Waals surface area contributed by atoms with Crippen LogP contribution in [0.5, 0.6) is 0 Å². The number of hydrogen-bond acceptors (Lipinski definition) is 4. The summed E-state index contributed by atoms with van der Waals surface area (Å²) in [5.41, 5.74) is 9.04. The van der Waals surface area contributed by atoms with E-state index in [0.29, 0.717) is 16.6 Å². The van der Waals surface area contributed by atoms with Crippen LogP contribution in [0.3, 0.4) is 0 Å². The molecule has 2 aliphatic heterocycles. The van der Waals surface area contributed by atoms with Crippen molar-refractivity contribution in [2.24, 2.45) is 5.92 Å². The maximum atomic E-state index is 9.02. The average molecular weight is 322 g/mol. The van der Waals surface area contributed by atoms with Gasteiger partial charge in [0.25, 0.3) is 0 Å². The van der Waals surface area contributed by atoms with Gasteiger partial charge in [-0.2, -0.15) is 0 Å². The Hall–Kier alpha value is -1.23. The van der Waals surface area contributed by atoms with E-state index in [9.17, 15) is 0 Å². The van der Waals surface area contributed by atoms with Crippen LogP contribution in [0.4, 0.5) is 11.4 Å². The van der Waals surface area contributed by atoms with Crippen LogP contribution >= 0.6 is 11.6 Å². The highest BCUT2D eigenvalue weighted by atomic mass is 35.5. The van der Waals surface area contributed by atoms with Crippen molar-refractivity contribution >= 4 is 29.1 Å². The number of nitrogen functional groups attached to an aromatic ring is 1. The number of halogens is 1. The summed E-state index contributed by atoms with van der Waals surface area (Å²) in [5, 5.41) is 9.65. The fourth-order valence-electron chi connectivity index (χ4n) is 3.46. The smallest absolute Gasteiger partial charge is 0.0643 e. The number of piperidine rings is 1. The normalized spacial score (nSPS) is 19.5. The van der Waals surface area contributed by atoms with Crippen molar-refractivity contribution in [2.45, 2.75) is 12.8 Å². The van der Waals surface area contributed by atoms with Gasteiger partial charge in [0, 0.05) is 30.9 Å². The van der Waals surface area contributed by atoms with Gasteiger partial charge in [-0.25, -0.2) is 0 Å². The number of likely N-dealkylation sites (tertiary alicyclic amines) is 1. The maximum Gasteiger partial charge on any atom is 0.0643 e. The molecule has 3 N–H and O–H groups in total. The van der Waals surface area contributed by atoms with E-state index in [-0.39, 0.29) is 6.61 Å². The molecule has 0 aliphatic carbocycles. The predicted molar refractivity (Wildman–Crippen MR) is 93.4 cm³/mol. The van der Waals surface area contributed by atoms with E-state index in [1.54, 1.807) is 0 Å². The lowest BCUT2D eigenvalue weighted by molar-refractivity contribution is 0.149. The first-order chi connectivity index (χ1) is 10.7. The second-order valence-electron chi connectivity index (χ2n) is 6.21. The third kappa shape index (κ3) is 3.24. The number of nitrogens with zero attached hydrogens (tertiary/aromatic N) is 2. The number of aliphatic hydroxyl groups is 1. The van der Waals surface area contributed by atoms with Gasteiger partial charge >= 0.3 is 0 Å². The van der Waals surface area contributed by atoms with E-state index in [1.165, 1.54) is 18.5 Å². The van der Waals surface area contributed by atoms with E-state index < -0.39 is 0 Å². The SMILES string of the molecule is Nc1c(Cl)ccc2c1C=CCN2CC1CCN(CCO)CC1. The minimum atomic E-state index is 0.259. The monoisotopic (exact) mass is 321 g/mol. The summed E-state index contributed by atoms with van der Waals surface area (Å²) in [6.45, 7) is 5.23. The first-order valence-corrected chi connectivity index (χ1v) is 8.39. The molecule has 1 saturated heterocycles. The first kappa shape index (κ1) is 15.7. The molecule has 0 saturated carbocycles. The quantitative estimate of drug-likeness (QED) is 0.836. The van der Waals surface area contributed by atoms with Crippen LogP contribution in [0, 0.1) is 5.92 Å². The molecular weight excluding hydrogens is 298 g/mol. The van der Waals surface area contributed by atoms with E-state index in [0.717, 1.165) is 38.3 Å². The summed E-state index contributed by atoms with van der Waals surface area (Å²) in [7, 11) is 0. The van der Waals surface area contributed by atoms with Gasteiger partial charge in [-0.3, -0.25) is 0 Å². The number of aliphatic hydroxyl groups excluding tert-OH is 1. The van der Waals surface area contributed by atoms with E-state index >= 15 is 0 Å². The highest BCUT2D eigenvalue weighted by Gasteiger charge is 2.23. The number of anilines is 2. The zero-order valence-electron chi connectivity index (χ0n) is 12.8. The van der Waals surface area contributed by atoms with Crippen molar-refractivity contribution in [3.63, 3.8) is 0 Å². The zero-order valence-corrected chi connectivity index (χ0v) is 13.6. The van der Waals surface area contributed by atoms with E-state index in [2.05, 4.69) is 28.0 Å². The van der Waals surface area contributed by atoms with Crippen molar-refractivity contribution in [3.05, 3.63) is 28.8 Å². The Kier molecular flexibility index (Phi) is 4.91. The molecule has 3 rings (SSSR count). The van der Waals surface area contributed by atoms with Gasteiger partial charge in [0.1, 0.15) is 0 Å². The summed E-state index contributed by atoms with van der Waals surface area (Å²) in [5.74, 6) is 0.700. The molecule has 0 aromatic heterocycles. The maximum absolute atomic E-state index is 9.02. The lowest BCUT2D eigenvalue weighted by Gasteiger charge is -2.36. The van der Waals surface area contributed by atoms with Crippen molar-refractivity contribution < 1.29 is 5.11 Å². The highest BCUT2D eigenvalue weighted by Crippen LogP contribution is 2.36. The van der Waals surface area contributed by atoms with Gasteiger partial charge in [0.05, 0.1) is 17.3 Å². The summed E-state index contributed by atoms with van der Waals surface area (Å²) in [6.07, 6.45) is 6.63. The van der Waals surface area contributed by atoms with Crippen molar-refractivity contribution in [1.29, 1.82) is 0 Å². The number of fused-ring (bicyclic) bond motifs is 1. The molecule has 4 nitrogen and oxygen atoms in total. The molecule has 0 radical (unpaired) electrons. The molecule has 1 aromatic rings. The predicted octanol–water partition coefficient (Wildman–Crippen LogP) is 2.46. The van der Waals surface area contributed by atoms with Crippen LogP contribution in [0.2, 0.25) is 5.02 Å². The molecule has 0 unspecified atom stereocenters. The van der Waals surface area contributed by atoms with Gasteiger partial charge in [-0.1, -0.05) is 23.8 Å². The van der Waals surface area contributed by atoms with Gasteiger partial charge in [-0.05, 0) is 44.0 Å². The van der Waals surface area contributed by atoms with E-state index in [4.69, 9.17) is 22.4 Å². The minimum Gasteiger partial charge on any atom is -0.397 e. The highest BCUT2D eigenvalue weighted by molar-refractivity contribution is 6.33. The lowest BCUT2D eigenvalue weighted by Crippen LogP contribution is -2.40. The summed E-state index contributed by atoms with van der Waals surface area (Å²) < 4.78 is 0. The molecule has 0 amide bonds. The number of β-amino-alcohol motifs (C(OH)–C–C–N with tert-alkyl or cyclic N) is 1. The Morgan fingerprint density at radius 3 is 2.77 bits per heavy atom. The standard InChI is InChI=1S/C17H24ClN3O/c18-15-3-4-16-14(17(15)19)2-1-7-21(16)12-13-5-8-20(9-6-13)10-11-22/h1-4,13,22H,5-12,19H2. The number of hydrogen-bond donors (Lipinski definition) is 2. The third-order valence-corrected chi connectivity index (χ3v) is 5.09. The molecule has 1 aromatic carbocycles. The molecular formula is C17H24ClN3O. The molecule has 0 bridgehead atoms. The zero-order chi connectivity index (χ0) is 15.5. The minimum absolute atomic E-state index is 0.259. The second-order valence-corrected chi connectivity index (χ2v) is 6.62. The molecule has 2 heterocycles. The van der Waals surface area contributed by atoms with Crippen molar-refractivity contribution in [1.82, 2.24) is 4.90 Å². The molecule has 22 heavy (non-hydrogen) atoms. The van der Waals surface area contributed by atoms with Crippen LogP contribution < -0.4 is 10.6 Å². The van der Waals surface area contributed by atoms with E-state index in [1.807, 2.05) is 6.07 Å². The Morgan fingerprint density at radius 2 is 2.05 bits per heavy atom. The van der Waals surface area contributed by atoms with Gasteiger partial charge in [0.2, 0.25) is 0 Å². The third-order valence-electron chi connectivity index (χ3n) is 4.76. The Balaban J connectivity index is 1.66. The molecule has 120 valence electrons. The van der Waals surface area contributed by atoms with Crippen LogP contribution in [0.15, 0.2) is 18.2 Å². The fourth-order valence-corrected chi connectivity index (χ4v) is 3.63. The summed E-state index contributed by atoms with van der Waals surface area (Å²) in [6, 6.07) is 3.98. The van der Waals surface area contributed by atoms with Gasteiger partial charge in [-0.15, -0.1) is 0 Å². The number of benzene rings is 1. The molecule has 0 spiro atoms. The molecule has 1 fully saturated rings. The molecule has 2 aliphatic rings. The van der Waals surface area contributed by atoms with Gasteiger partial charge < -0.3 is 20.6 Å². The van der Waals surface area contributed by atoms with Crippen LogP contribution in [0.25, 0.3) is 6.08 Å². The van der Waals surface area contributed by atoms with Crippen molar-refractivity contribution in [2.75, 3.05) is 50.0 Å². The number of nitrogens with two attached hydrogens (primary N) is 1. The molecule has 5 heteroatoms.